The molecule has 1 N–H and O–H groups in total. The minimum Gasteiger partial charge on any atom is -0.382 e. The second-order valence-electron chi connectivity index (χ2n) is 3.57. The fourth-order valence-electron chi connectivity index (χ4n) is 1.17. The highest BCUT2D eigenvalue weighted by Crippen LogP contribution is 2.17. The van der Waals surface area contributed by atoms with Crippen LogP contribution in [0.25, 0.3) is 0 Å². The summed E-state index contributed by atoms with van der Waals surface area (Å²) < 4.78 is 10.2. The van der Waals surface area contributed by atoms with Crippen molar-refractivity contribution in [2.45, 2.75) is 13.8 Å². The molecule has 17 heavy (non-hydrogen) atoms. The van der Waals surface area contributed by atoms with Gasteiger partial charge in [0.1, 0.15) is 0 Å². The second kappa shape index (κ2) is 7.42. The van der Waals surface area contributed by atoms with Crippen molar-refractivity contribution in [1.82, 2.24) is 9.97 Å². The quantitative estimate of drug-likeness (QED) is 0.757. The van der Waals surface area contributed by atoms with Crippen LogP contribution in [0.1, 0.15) is 11.4 Å². The predicted molar refractivity (Wildman–Crippen MR) is 67.7 cm³/mol. The number of nitrogens with one attached hydrogen (secondary N) is 1. The van der Waals surface area contributed by atoms with Gasteiger partial charge < -0.3 is 14.8 Å². The van der Waals surface area contributed by atoms with E-state index in [4.69, 9.17) is 21.1 Å². The molecule has 6 heteroatoms. The average molecular weight is 260 g/mol. The Morgan fingerprint density at radius 2 is 1.82 bits per heavy atom. The molecule has 0 radical (unpaired) electrons. The number of ether oxygens (including phenoxy) is 2. The minimum atomic E-state index is 0.394. The maximum absolute atomic E-state index is 5.97. The van der Waals surface area contributed by atoms with Crippen LogP contribution in [0.3, 0.4) is 0 Å². The maximum Gasteiger partial charge on any atom is 0.171 e. The Labute approximate surface area is 107 Å². The number of aromatic nitrogens is 2. The number of rotatable bonds is 7. The first-order valence-electron chi connectivity index (χ1n) is 5.46. The van der Waals surface area contributed by atoms with E-state index in [0.717, 1.165) is 11.4 Å². The largest absolute Gasteiger partial charge is 0.382 e. The summed E-state index contributed by atoms with van der Waals surface area (Å²) >= 11 is 5.97. The molecule has 1 heterocycles. The molecule has 0 spiro atoms. The van der Waals surface area contributed by atoms with Crippen LogP contribution in [0.2, 0.25) is 5.15 Å². The van der Waals surface area contributed by atoms with Crippen molar-refractivity contribution in [2.24, 2.45) is 0 Å². The van der Waals surface area contributed by atoms with Crippen LogP contribution in [-0.4, -0.2) is 43.4 Å². The van der Waals surface area contributed by atoms with Gasteiger partial charge in [-0.25, -0.2) is 9.97 Å². The number of hydrogen-bond acceptors (Lipinski definition) is 5. The Bertz CT molecular complexity index is 361. The van der Waals surface area contributed by atoms with E-state index in [1.54, 1.807) is 7.11 Å². The van der Waals surface area contributed by atoms with Crippen molar-refractivity contribution >= 4 is 17.4 Å². The van der Waals surface area contributed by atoms with E-state index < -0.39 is 0 Å². The Morgan fingerprint density at radius 1 is 1.12 bits per heavy atom. The van der Waals surface area contributed by atoms with Crippen molar-refractivity contribution in [3.63, 3.8) is 0 Å². The van der Waals surface area contributed by atoms with Crippen LogP contribution >= 0.6 is 11.6 Å². The number of halogens is 1. The summed E-state index contributed by atoms with van der Waals surface area (Å²) in [6.45, 7) is 6.19. The highest BCUT2D eigenvalue weighted by molar-refractivity contribution is 6.31. The summed E-state index contributed by atoms with van der Waals surface area (Å²) in [5.74, 6) is 0.602. The molecule has 0 aliphatic rings. The standard InChI is InChI=1S/C11H18ClN3O2/c1-8-9(2)15-11(10(12)14-8)13-4-5-17-7-6-16-3/h4-7H2,1-3H3,(H,13,15). The van der Waals surface area contributed by atoms with Crippen molar-refractivity contribution in [3.05, 3.63) is 16.5 Å². The molecule has 0 amide bonds. The summed E-state index contributed by atoms with van der Waals surface area (Å²) in [5.41, 5.74) is 1.72. The highest BCUT2D eigenvalue weighted by Gasteiger charge is 2.05. The lowest BCUT2D eigenvalue weighted by Crippen LogP contribution is -2.13. The molecular formula is C11H18ClN3O2. The van der Waals surface area contributed by atoms with Gasteiger partial charge in [-0.15, -0.1) is 0 Å². The van der Waals surface area contributed by atoms with Gasteiger partial charge in [0, 0.05) is 13.7 Å². The molecule has 0 fully saturated rings. The zero-order chi connectivity index (χ0) is 12.7. The first-order valence-corrected chi connectivity index (χ1v) is 5.84. The molecule has 0 bridgehead atoms. The van der Waals surface area contributed by atoms with Crippen LogP contribution in [-0.2, 0) is 9.47 Å². The molecule has 5 nitrogen and oxygen atoms in total. The third kappa shape index (κ3) is 4.85. The summed E-state index contributed by atoms with van der Waals surface area (Å²) in [4.78, 5) is 8.50. The molecule has 1 rings (SSSR count). The average Bonchev–Trinajstić information content (AvgIpc) is 2.30. The van der Waals surface area contributed by atoms with E-state index in [2.05, 4.69) is 15.3 Å². The summed E-state index contributed by atoms with van der Waals surface area (Å²) in [7, 11) is 1.64. The number of hydrogen-bond donors (Lipinski definition) is 1. The van der Waals surface area contributed by atoms with Gasteiger partial charge in [0.05, 0.1) is 31.2 Å². The number of nitrogens with zero attached hydrogens (tertiary/aromatic N) is 2. The Hall–Kier alpha value is -0.910. The van der Waals surface area contributed by atoms with E-state index in [1.807, 2.05) is 13.8 Å². The molecule has 0 saturated heterocycles. The zero-order valence-corrected chi connectivity index (χ0v) is 11.2. The van der Waals surface area contributed by atoms with Crippen LogP contribution in [0.15, 0.2) is 0 Å². The number of aryl methyl sites for hydroxylation is 2. The molecule has 96 valence electrons. The molecule has 0 unspecified atom stereocenters. The molecule has 0 aliphatic heterocycles. The Kier molecular flexibility index (Phi) is 6.18. The topological polar surface area (TPSA) is 56.3 Å². The molecule has 0 aromatic carbocycles. The second-order valence-corrected chi connectivity index (χ2v) is 3.92. The number of anilines is 1. The molecule has 1 aromatic rings. The van der Waals surface area contributed by atoms with Gasteiger partial charge in [-0.2, -0.15) is 0 Å². The van der Waals surface area contributed by atoms with Crippen LogP contribution < -0.4 is 5.32 Å². The SMILES string of the molecule is COCCOCCNc1nc(C)c(C)nc1Cl. The lowest BCUT2D eigenvalue weighted by molar-refractivity contribution is 0.0759. The summed E-state index contributed by atoms with van der Waals surface area (Å²) in [6, 6.07) is 0. The van der Waals surface area contributed by atoms with E-state index in [0.29, 0.717) is 37.3 Å². The van der Waals surface area contributed by atoms with Crippen LogP contribution in [0.5, 0.6) is 0 Å². The first-order chi connectivity index (χ1) is 8.15. The predicted octanol–water partition coefficient (Wildman–Crippen LogP) is 1.82. The highest BCUT2D eigenvalue weighted by atomic mass is 35.5. The molecule has 0 aliphatic carbocycles. The Balaban J connectivity index is 2.34. The maximum atomic E-state index is 5.97. The fourth-order valence-corrected chi connectivity index (χ4v) is 1.41. The van der Waals surface area contributed by atoms with Gasteiger partial charge >= 0.3 is 0 Å². The van der Waals surface area contributed by atoms with E-state index in [9.17, 15) is 0 Å². The summed E-state index contributed by atoms with van der Waals surface area (Å²) in [5, 5.41) is 3.48. The van der Waals surface area contributed by atoms with Crippen molar-refractivity contribution < 1.29 is 9.47 Å². The monoisotopic (exact) mass is 259 g/mol. The van der Waals surface area contributed by atoms with Gasteiger partial charge in [0.15, 0.2) is 11.0 Å². The van der Waals surface area contributed by atoms with Crippen LogP contribution in [0.4, 0.5) is 5.82 Å². The molecular weight excluding hydrogens is 242 g/mol. The van der Waals surface area contributed by atoms with Gasteiger partial charge in [-0.1, -0.05) is 11.6 Å². The van der Waals surface area contributed by atoms with E-state index >= 15 is 0 Å². The Morgan fingerprint density at radius 3 is 2.53 bits per heavy atom. The smallest absolute Gasteiger partial charge is 0.171 e. The molecule has 0 atom stereocenters. The van der Waals surface area contributed by atoms with Gasteiger partial charge in [-0.05, 0) is 13.8 Å². The van der Waals surface area contributed by atoms with E-state index in [1.165, 1.54) is 0 Å². The normalized spacial score (nSPS) is 10.6. The van der Waals surface area contributed by atoms with E-state index in [-0.39, 0.29) is 0 Å². The van der Waals surface area contributed by atoms with Gasteiger partial charge in [0.2, 0.25) is 0 Å². The van der Waals surface area contributed by atoms with Crippen molar-refractivity contribution in [1.29, 1.82) is 0 Å². The number of methoxy groups -OCH3 is 1. The lowest BCUT2D eigenvalue weighted by Gasteiger charge is -2.09. The third-order valence-corrected chi connectivity index (χ3v) is 2.50. The lowest BCUT2D eigenvalue weighted by atomic mass is 10.3. The summed E-state index contributed by atoms with van der Waals surface area (Å²) in [6.07, 6.45) is 0. The third-order valence-electron chi connectivity index (χ3n) is 2.24. The van der Waals surface area contributed by atoms with Crippen LogP contribution in [0, 0.1) is 13.8 Å². The zero-order valence-electron chi connectivity index (χ0n) is 10.4. The van der Waals surface area contributed by atoms with Gasteiger partial charge in [-0.3, -0.25) is 0 Å². The molecule has 0 saturated carbocycles. The minimum absolute atomic E-state index is 0.394. The fraction of sp³-hybridized carbons (Fsp3) is 0.636. The van der Waals surface area contributed by atoms with Crippen molar-refractivity contribution in [2.75, 3.05) is 38.8 Å². The molecule has 1 aromatic heterocycles. The first kappa shape index (κ1) is 14.2. The van der Waals surface area contributed by atoms with Crippen molar-refractivity contribution in [3.8, 4) is 0 Å². The van der Waals surface area contributed by atoms with Gasteiger partial charge in [0.25, 0.3) is 0 Å².